The highest BCUT2D eigenvalue weighted by atomic mass is 16.5. The smallest absolute Gasteiger partial charge is 0.336 e. The largest absolute Gasteiger partial charge is 0.464 e. The minimum absolute atomic E-state index is 0.0560. The number of nitrogens with zero attached hydrogens (tertiary/aromatic N) is 2. The Balaban J connectivity index is 2.44. The SMILES string of the molecule is CCCCN1C[C@@H](CC(C)C)[C@H]2CCN(C)C(=O)[C@]21C(=O)OCC. The number of unbranched alkanes of at least 4 members (excludes halogenated alkanes) is 1. The van der Waals surface area contributed by atoms with Crippen molar-refractivity contribution in [3.8, 4) is 0 Å². The molecule has 0 saturated carbocycles. The summed E-state index contributed by atoms with van der Waals surface area (Å²) >= 11 is 0. The molecule has 138 valence electrons. The molecule has 24 heavy (non-hydrogen) atoms. The molecule has 2 fully saturated rings. The fraction of sp³-hybridized carbons (Fsp3) is 0.895. The number of carbonyl (C=O) groups excluding carboxylic acids is 2. The zero-order valence-corrected chi connectivity index (χ0v) is 16.0. The van der Waals surface area contributed by atoms with Gasteiger partial charge in [0, 0.05) is 26.1 Å². The van der Waals surface area contributed by atoms with Crippen LogP contribution in [0, 0.1) is 17.8 Å². The third-order valence-electron chi connectivity index (χ3n) is 5.65. The monoisotopic (exact) mass is 338 g/mol. The van der Waals surface area contributed by atoms with Crippen LogP contribution in [0.25, 0.3) is 0 Å². The molecule has 1 amide bonds. The summed E-state index contributed by atoms with van der Waals surface area (Å²) in [7, 11) is 1.81. The van der Waals surface area contributed by atoms with Gasteiger partial charge in [-0.1, -0.05) is 27.2 Å². The Morgan fingerprint density at radius 2 is 2.08 bits per heavy atom. The minimum atomic E-state index is -1.09. The molecule has 2 aliphatic heterocycles. The highest BCUT2D eigenvalue weighted by molar-refractivity contribution is 6.08. The van der Waals surface area contributed by atoms with E-state index < -0.39 is 5.54 Å². The molecule has 2 heterocycles. The summed E-state index contributed by atoms with van der Waals surface area (Å²) in [5.41, 5.74) is -1.09. The summed E-state index contributed by atoms with van der Waals surface area (Å²) in [4.78, 5) is 30.2. The predicted molar refractivity (Wildman–Crippen MR) is 94.5 cm³/mol. The third-order valence-corrected chi connectivity index (χ3v) is 5.65. The summed E-state index contributed by atoms with van der Waals surface area (Å²) < 4.78 is 5.44. The molecule has 0 radical (unpaired) electrons. The lowest BCUT2D eigenvalue weighted by molar-refractivity contribution is -0.172. The van der Waals surface area contributed by atoms with E-state index in [0.717, 1.165) is 45.3 Å². The van der Waals surface area contributed by atoms with Crippen LogP contribution >= 0.6 is 0 Å². The van der Waals surface area contributed by atoms with E-state index in [-0.39, 0.29) is 17.8 Å². The number of hydrogen-bond donors (Lipinski definition) is 0. The summed E-state index contributed by atoms with van der Waals surface area (Å²) in [6.45, 7) is 11.1. The van der Waals surface area contributed by atoms with Gasteiger partial charge in [-0.05, 0) is 44.6 Å². The number of amides is 1. The van der Waals surface area contributed by atoms with Crippen LogP contribution in [-0.2, 0) is 14.3 Å². The van der Waals surface area contributed by atoms with Gasteiger partial charge in [0.15, 0.2) is 0 Å². The van der Waals surface area contributed by atoms with Gasteiger partial charge < -0.3 is 9.64 Å². The van der Waals surface area contributed by atoms with E-state index in [4.69, 9.17) is 4.74 Å². The van der Waals surface area contributed by atoms with Gasteiger partial charge in [-0.2, -0.15) is 0 Å². The van der Waals surface area contributed by atoms with Crippen molar-refractivity contribution in [2.45, 2.75) is 58.9 Å². The number of carbonyl (C=O) groups is 2. The number of likely N-dealkylation sites (tertiary alicyclic amines) is 2. The lowest BCUT2D eigenvalue weighted by Gasteiger charge is -2.45. The van der Waals surface area contributed by atoms with E-state index in [9.17, 15) is 9.59 Å². The van der Waals surface area contributed by atoms with Crippen molar-refractivity contribution in [2.75, 3.05) is 33.3 Å². The third kappa shape index (κ3) is 3.19. The summed E-state index contributed by atoms with van der Waals surface area (Å²) in [5.74, 6) is 0.660. The topological polar surface area (TPSA) is 49.9 Å². The van der Waals surface area contributed by atoms with Crippen LogP contribution in [0.5, 0.6) is 0 Å². The van der Waals surface area contributed by atoms with Crippen LogP contribution in [0.4, 0.5) is 0 Å². The fourth-order valence-corrected chi connectivity index (χ4v) is 4.66. The molecule has 0 aromatic heterocycles. The maximum Gasteiger partial charge on any atom is 0.336 e. The molecular formula is C19H34N2O3. The van der Waals surface area contributed by atoms with Crippen LogP contribution in [0.2, 0.25) is 0 Å². The molecule has 3 atom stereocenters. The number of esters is 1. The predicted octanol–water partition coefficient (Wildman–Crippen LogP) is 2.54. The standard InChI is InChI=1S/C19H34N2O3/c1-6-8-10-21-13-15(12-14(3)4)16-9-11-20(5)17(22)19(16,21)18(23)24-7-2/h14-16H,6-13H2,1-5H3/t15-,16-,19+/m1/s1. The molecule has 5 nitrogen and oxygen atoms in total. The molecule has 0 aromatic rings. The van der Waals surface area contributed by atoms with Crippen molar-refractivity contribution in [2.24, 2.45) is 17.8 Å². The first kappa shape index (κ1) is 19.2. The van der Waals surface area contributed by atoms with Gasteiger partial charge >= 0.3 is 5.97 Å². The zero-order valence-electron chi connectivity index (χ0n) is 16.0. The maximum atomic E-state index is 13.2. The molecule has 2 aliphatic rings. The summed E-state index contributed by atoms with van der Waals surface area (Å²) in [5, 5.41) is 0. The first-order chi connectivity index (χ1) is 11.4. The fourth-order valence-electron chi connectivity index (χ4n) is 4.66. The van der Waals surface area contributed by atoms with Crippen LogP contribution in [0.15, 0.2) is 0 Å². The molecule has 0 N–H and O–H groups in total. The van der Waals surface area contributed by atoms with Crippen molar-refractivity contribution in [3.63, 3.8) is 0 Å². The van der Waals surface area contributed by atoms with Gasteiger partial charge in [-0.15, -0.1) is 0 Å². The molecule has 0 spiro atoms. The van der Waals surface area contributed by atoms with E-state index in [1.54, 1.807) is 4.90 Å². The van der Waals surface area contributed by atoms with Crippen molar-refractivity contribution in [3.05, 3.63) is 0 Å². The highest BCUT2D eigenvalue weighted by Crippen LogP contribution is 2.47. The Morgan fingerprint density at radius 3 is 2.67 bits per heavy atom. The first-order valence-corrected chi connectivity index (χ1v) is 9.57. The average Bonchev–Trinajstić information content (AvgIpc) is 2.83. The number of ether oxygens (including phenoxy) is 1. The molecule has 0 aliphatic carbocycles. The Labute approximate surface area is 146 Å². The van der Waals surface area contributed by atoms with Crippen molar-refractivity contribution < 1.29 is 14.3 Å². The molecule has 0 unspecified atom stereocenters. The Kier molecular flexibility index (Phi) is 6.29. The van der Waals surface area contributed by atoms with Crippen molar-refractivity contribution in [1.82, 2.24) is 9.80 Å². The van der Waals surface area contributed by atoms with Crippen molar-refractivity contribution >= 4 is 11.9 Å². The Bertz CT molecular complexity index is 466. The van der Waals surface area contributed by atoms with E-state index in [1.807, 2.05) is 14.0 Å². The van der Waals surface area contributed by atoms with Crippen LogP contribution in [-0.4, -0.2) is 60.5 Å². The minimum Gasteiger partial charge on any atom is -0.464 e. The molecule has 2 rings (SSSR count). The second-order valence-corrected chi connectivity index (χ2v) is 7.80. The molecule has 2 saturated heterocycles. The Morgan fingerprint density at radius 1 is 1.38 bits per heavy atom. The van der Waals surface area contributed by atoms with Crippen molar-refractivity contribution in [1.29, 1.82) is 0 Å². The number of rotatable bonds is 7. The molecule has 5 heteroatoms. The molecular weight excluding hydrogens is 304 g/mol. The lowest BCUT2D eigenvalue weighted by atomic mass is 9.72. The number of fused-ring (bicyclic) bond motifs is 1. The summed E-state index contributed by atoms with van der Waals surface area (Å²) in [6, 6.07) is 0. The van der Waals surface area contributed by atoms with Crippen LogP contribution in [0.3, 0.4) is 0 Å². The van der Waals surface area contributed by atoms with Crippen LogP contribution < -0.4 is 0 Å². The number of hydrogen-bond acceptors (Lipinski definition) is 4. The van der Waals surface area contributed by atoms with Gasteiger partial charge in [0.25, 0.3) is 5.91 Å². The van der Waals surface area contributed by atoms with E-state index in [2.05, 4.69) is 25.7 Å². The van der Waals surface area contributed by atoms with Gasteiger partial charge in [0.1, 0.15) is 0 Å². The first-order valence-electron chi connectivity index (χ1n) is 9.57. The second kappa shape index (κ2) is 7.85. The van der Waals surface area contributed by atoms with E-state index in [0.29, 0.717) is 18.4 Å². The number of piperidine rings is 1. The zero-order chi connectivity index (χ0) is 17.9. The average molecular weight is 338 g/mol. The number of likely N-dealkylation sites (N-methyl/N-ethyl adjacent to an activating group) is 1. The lowest BCUT2D eigenvalue weighted by Crippen LogP contribution is -2.67. The van der Waals surface area contributed by atoms with E-state index >= 15 is 0 Å². The molecule has 0 bridgehead atoms. The van der Waals surface area contributed by atoms with Gasteiger partial charge in [-0.25, -0.2) is 4.79 Å². The van der Waals surface area contributed by atoms with E-state index in [1.165, 1.54) is 0 Å². The van der Waals surface area contributed by atoms with Crippen LogP contribution in [0.1, 0.15) is 53.4 Å². The van der Waals surface area contributed by atoms with Gasteiger partial charge in [0.2, 0.25) is 5.54 Å². The second-order valence-electron chi connectivity index (χ2n) is 7.80. The van der Waals surface area contributed by atoms with Gasteiger partial charge in [0.05, 0.1) is 6.61 Å². The highest BCUT2D eigenvalue weighted by Gasteiger charge is 2.66. The normalized spacial score (nSPS) is 30.8. The van der Waals surface area contributed by atoms with Gasteiger partial charge in [-0.3, -0.25) is 9.69 Å². The maximum absolute atomic E-state index is 13.2. The summed E-state index contributed by atoms with van der Waals surface area (Å²) in [6.07, 6.45) is 4.00. The Hall–Kier alpha value is -1.10. The molecule has 0 aromatic carbocycles. The quantitative estimate of drug-likeness (QED) is 0.529.